The highest BCUT2D eigenvalue weighted by atomic mass is 19.2. The van der Waals surface area contributed by atoms with E-state index in [1.807, 2.05) is 0 Å². The normalized spacial score (nSPS) is 10.9. The van der Waals surface area contributed by atoms with E-state index in [-0.39, 0.29) is 11.2 Å². The summed E-state index contributed by atoms with van der Waals surface area (Å²) in [5.74, 6) is 0.439. The lowest BCUT2D eigenvalue weighted by Gasteiger charge is -1.88. The van der Waals surface area contributed by atoms with Crippen molar-refractivity contribution in [3.8, 4) is 0 Å². The van der Waals surface area contributed by atoms with Crippen molar-refractivity contribution in [2.75, 3.05) is 0 Å². The van der Waals surface area contributed by atoms with Gasteiger partial charge in [0.25, 0.3) is 0 Å². The molecule has 0 aromatic carbocycles. The molecular formula is C6H5FN4O2. The third-order valence-corrected chi connectivity index (χ3v) is 1.62. The molecule has 0 atom stereocenters. The number of nitrogens with one attached hydrogen (secondary N) is 2. The average Bonchev–Trinajstić information content (AvgIpc) is 2.42. The zero-order valence-corrected chi connectivity index (χ0v) is 6.59. The van der Waals surface area contributed by atoms with Gasteiger partial charge in [0.15, 0.2) is 11.2 Å². The molecular weight excluding hydrogens is 179 g/mol. The average molecular weight is 184 g/mol. The van der Waals surface area contributed by atoms with Gasteiger partial charge >= 0.3 is 11.2 Å². The molecule has 0 fully saturated rings. The Morgan fingerprint density at radius 2 is 2.08 bits per heavy atom. The monoisotopic (exact) mass is 184 g/mol. The van der Waals surface area contributed by atoms with Crippen LogP contribution < -0.4 is 11.2 Å². The summed E-state index contributed by atoms with van der Waals surface area (Å²) in [7, 11) is 0. The first-order valence-electron chi connectivity index (χ1n) is 3.47. The van der Waals surface area contributed by atoms with E-state index in [0.717, 1.165) is 0 Å². The minimum Gasteiger partial charge on any atom is -0.336 e. The number of imidazole rings is 1. The lowest BCUT2D eigenvalue weighted by atomic mass is 10.5. The molecule has 0 saturated carbocycles. The summed E-state index contributed by atoms with van der Waals surface area (Å²) in [5, 5.41) is 0. The Kier molecular flexibility index (Phi) is 1.35. The predicted octanol–water partition coefficient (Wildman–Crippen LogP) is -0.546. The largest absolute Gasteiger partial charge is 0.359 e. The Morgan fingerprint density at radius 1 is 1.38 bits per heavy atom. The number of rotatable bonds is 0. The number of aromatic amines is 2. The first kappa shape index (κ1) is 7.71. The molecule has 2 rings (SSSR count). The maximum Gasteiger partial charge on any atom is 0.359 e. The van der Waals surface area contributed by atoms with Gasteiger partial charge in [-0.2, -0.15) is 0 Å². The van der Waals surface area contributed by atoms with Crippen LogP contribution in [-0.2, 0) is 0 Å². The Bertz CT molecular complexity index is 578. The standard InChI is InChI=1S/C6H5FN4O2/c1-2-8-3-4(9-2)10-6(13)11(7)5(3)12/h1H3,(H,8,9)(H,10,13). The molecule has 6 nitrogen and oxygen atoms in total. The van der Waals surface area contributed by atoms with Gasteiger partial charge in [0.1, 0.15) is 5.82 Å². The van der Waals surface area contributed by atoms with E-state index in [1.165, 1.54) is 0 Å². The van der Waals surface area contributed by atoms with Crippen LogP contribution in [0.3, 0.4) is 0 Å². The molecule has 2 N–H and O–H groups in total. The summed E-state index contributed by atoms with van der Waals surface area (Å²) in [4.78, 5) is 29.7. The number of hydrogen-bond donors (Lipinski definition) is 2. The van der Waals surface area contributed by atoms with Gasteiger partial charge < -0.3 is 4.98 Å². The van der Waals surface area contributed by atoms with Crippen molar-refractivity contribution >= 4 is 11.2 Å². The number of nitrogens with zero attached hydrogens (tertiary/aromatic N) is 2. The zero-order chi connectivity index (χ0) is 9.59. The van der Waals surface area contributed by atoms with Crippen LogP contribution in [0.5, 0.6) is 0 Å². The van der Waals surface area contributed by atoms with Gasteiger partial charge in [-0.25, -0.2) is 9.78 Å². The highest BCUT2D eigenvalue weighted by Crippen LogP contribution is 1.99. The van der Waals surface area contributed by atoms with E-state index >= 15 is 0 Å². The van der Waals surface area contributed by atoms with Crippen molar-refractivity contribution in [2.45, 2.75) is 6.92 Å². The zero-order valence-electron chi connectivity index (χ0n) is 6.59. The fraction of sp³-hybridized carbons (Fsp3) is 0.167. The van der Waals surface area contributed by atoms with Gasteiger partial charge in [-0.1, -0.05) is 9.27 Å². The SMILES string of the molecule is Cc1nc2[nH]c(=O)n(F)c(=O)c2[nH]1. The van der Waals surface area contributed by atoms with Gasteiger partial charge in [-0.3, -0.25) is 9.78 Å². The maximum absolute atomic E-state index is 12.7. The Morgan fingerprint density at radius 3 is 2.77 bits per heavy atom. The smallest absolute Gasteiger partial charge is 0.336 e. The lowest BCUT2D eigenvalue weighted by molar-refractivity contribution is 0.333. The second kappa shape index (κ2) is 2.28. The number of H-pyrrole nitrogens is 2. The van der Waals surface area contributed by atoms with Crippen LogP contribution in [0, 0.1) is 6.92 Å². The summed E-state index contributed by atoms with van der Waals surface area (Å²) in [5.41, 5.74) is -2.12. The molecule has 0 unspecified atom stereocenters. The third kappa shape index (κ3) is 0.968. The molecule has 0 aliphatic heterocycles. The second-order valence-electron chi connectivity index (χ2n) is 2.56. The van der Waals surface area contributed by atoms with E-state index < -0.39 is 16.0 Å². The molecule has 2 aromatic heterocycles. The van der Waals surface area contributed by atoms with Gasteiger partial charge in [-0.05, 0) is 6.92 Å². The van der Waals surface area contributed by atoms with Crippen LogP contribution in [0.1, 0.15) is 5.82 Å². The molecule has 0 bridgehead atoms. The number of aromatic nitrogens is 4. The summed E-state index contributed by atoms with van der Waals surface area (Å²) >= 11 is 0. The molecule has 0 aliphatic rings. The maximum atomic E-state index is 12.7. The molecule has 0 saturated heterocycles. The van der Waals surface area contributed by atoms with Crippen LogP contribution in [0.4, 0.5) is 4.48 Å². The first-order valence-corrected chi connectivity index (χ1v) is 3.47. The van der Waals surface area contributed by atoms with Crippen molar-refractivity contribution < 1.29 is 4.48 Å². The lowest BCUT2D eigenvalue weighted by Crippen LogP contribution is -2.29. The summed E-state index contributed by atoms with van der Waals surface area (Å²) < 4.78 is 12.7. The number of hydrogen-bond acceptors (Lipinski definition) is 3. The van der Waals surface area contributed by atoms with Crippen LogP contribution in [0.2, 0.25) is 0 Å². The minimum atomic E-state index is -1.12. The number of aryl methyl sites for hydroxylation is 1. The van der Waals surface area contributed by atoms with Crippen LogP contribution in [0.15, 0.2) is 9.59 Å². The number of fused-ring (bicyclic) bond motifs is 1. The first-order chi connectivity index (χ1) is 6.09. The summed E-state index contributed by atoms with van der Waals surface area (Å²) in [6, 6.07) is 0. The molecule has 2 aromatic rings. The van der Waals surface area contributed by atoms with Crippen LogP contribution >= 0.6 is 0 Å². The topological polar surface area (TPSA) is 83.5 Å². The van der Waals surface area contributed by atoms with E-state index in [9.17, 15) is 14.1 Å². The fourth-order valence-electron chi connectivity index (χ4n) is 1.08. The molecule has 0 amide bonds. The van der Waals surface area contributed by atoms with Crippen molar-refractivity contribution in [2.24, 2.45) is 0 Å². The van der Waals surface area contributed by atoms with E-state index in [2.05, 4.69) is 15.0 Å². The molecule has 7 heteroatoms. The molecule has 68 valence electrons. The van der Waals surface area contributed by atoms with Crippen molar-refractivity contribution in [1.82, 2.24) is 19.7 Å². The molecule has 0 radical (unpaired) electrons. The Hall–Kier alpha value is -1.92. The van der Waals surface area contributed by atoms with Gasteiger partial charge in [0.2, 0.25) is 0 Å². The number of halogens is 1. The molecule has 0 aliphatic carbocycles. The van der Waals surface area contributed by atoms with E-state index in [0.29, 0.717) is 5.82 Å². The fourth-order valence-corrected chi connectivity index (χ4v) is 1.08. The summed E-state index contributed by atoms with van der Waals surface area (Å²) in [6.45, 7) is 1.60. The molecule has 2 heterocycles. The van der Waals surface area contributed by atoms with Gasteiger partial charge in [-0.15, -0.1) is 0 Å². The Balaban J connectivity index is 3.10. The highest BCUT2D eigenvalue weighted by Gasteiger charge is 2.09. The van der Waals surface area contributed by atoms with Crippen LogP contribution in [0.25, 0.3) is 11.2 Å². The third-order valence-electron chi connectivity index (χ3n) is 1.62. The van der Waals surface area contributed by atoms with E-state index in [1.54, 1.807) is 6.92 Å². The second-order valence-corrected chi connectivity index (χ2v) is 2.56. The van der Waals surface area contributed by atoms with Crippen molar-refractivity contribution in [3.63, 3.8) is 0 Å². The van der Waals surface area contributed by atoms with Crippen molar-refractivity contribution in [1.29, 1.82) is 0 Å². The minimum absolute atomic E-state index is 0.0420. The van der Waals surface area contributed by atoms with E-state index in [4.69, 9.17) is 0 Å². The van der Waals surface area contributed by atoms with Gasteiger partial charge in [0, 0.05) is 0 Å². The predicted molar refractivity (Wildman–Crippen MR) is 42.2 cm³/mol. The van der Waals surface area contributed by atoms with Crippen molar-refractivity contribution in [3.05, 3.63) is 26.7 Å². The van der Waals surface area contributed by atoms with Crippen LogP contribution in [-0.4, -0.2) is 19.7 Å². The molecule has 13 heavy (non-hydrogen) atoms. The molecule has 0 spiro atoms. The highest BCUT2D eigenvalue weighted by molar-refractivity contribution is 5.68. The van der Waals surface area contributed by atoms with Gasteiger partial charge in [0.05, 0.1) is 0 Å². The quantitative estimate of drug-likeness (QED) is 0.576. The Labute approximate surface area is 70.0 Å². The summed E-state index contributed by atoms with van der Waals surface area (Å²) in [6.07, 6.45) is 0.